The summed E-state index contributed by atoms with van der Waals surface area (Å²) in [5, 5.41) is 0. The highest BCUT2D eigenvalue weighted by Gasteiger charge is 2.12. The lowest BCUT2D eigenvalue weighted by Crippen LogP contribution is -2.02. The molecular formula is C10H8ClNO2S. The predicted molar refractivity (Wildman–Crippen MR) is 58.6 cm³/mol. The molecule has 0 bridgehead atoms. The van der Waals surface area contributed by atoms with E-state index in [9.17, 15) is 4.79 Å². The van der Waals surface area contributed by atoms with Crippen LogP contribution in [0, 0.1) is 6.92 Å². The summed E-state index contributed by atoms with van der Waals surface area (Å²) in [6.07, 6.45) is 1.70. The van der Waals surface area contributed by atoms with Crippen molar-refractivity contribution in [3.05, 3.63) is 39.2 Å². The molecule has 5 heteroatoms. The number of oxazole rings is 1. The molecule has 0 aliphatic carbocycles. The third kappa shape index (κ3) is 2.46. The van der Waals surface area contributed by atoms with Crippen LogP contribution in [0.1, 0.15) is 21.3 Å². The van der Waals surface area contributed by atoms with Gasteiger partial charge in [-0.05, 0) is 12.1 Å². The van der Waals surface area contributed by atoms with E-state index in [0.29, 0.717) is 22.3 Å². The molecule has 2 aromatic rings. The van der Waals surface area contributed by atoms with Crippen molar-refractivity contribution in [3.8, 4) is 0 Å². The smallest absolute Gasteiger partial charge is 0.191 e. The topological polar surface area (TPSA) is 43.1 Å². The Balaban J connectivity index is 2.10. The van der Waals surface area contributed by atoms with E-state index in [2.05, 4.69) is 4.98 Å². The summed E-state index contributed by atoms with van der Waals surface area (Å²) in [7, 11) is 0. The van der Waals surface area contributed by atoms with E-state index in [1.807, 2.05) is 6.07 Å². The molecule has 2 aromatic heterocycles. The Morgan fingerprint density at radius 2 is 2.40 bits per heavy atom. The molecular weight excluding hydrogens is 234 g/mol. The second kappa shape index (κ2) is 4.16. The summed E-state index contributed by atoms with van der Waals surface area (Å²) < 4.78 is 5.66. The van der Waals surface area contributed by atoms with Crippen LogP contribution < -0.4 is 0 Å². The van der Waals surface area contributed by atoms with Gasteiger partial charge >= 0.3 is 0 Å². The van der Waals surface area contributed by atoms with Gasteiger partial charge in [0, 0.05) is 18.2 Å². The molecule has 0 aliphatic rings. The molecule has 0 amide bonds. The number of hydrogen-bond donors (Lipinski definition) is 0. The number of carbonyl (C=O) groups is 1. The van der Waals surface area contributed by atoms with E-state index in [-0.39, 0.29) is 5.78 Å². The Labute approximate surface area is 95.7 Å². The second-order valence-electron chi connectivity index (χ2n) is 3.06. The summed E-state index contributed by atoms with van der Waals surface area (Å²) in [5.41, 5.74) is 0.372. The lowest BCUT2D eigenvalue weighted by atomic mass is 10.2. The molecule has 78 valence electrons. The number of aryl methyl sites for hydroxylation is 1. The minimum absolute atomic E-state index is 0.0506. The van der Waals surface area contributed by atoms with Crippen molar-refractivity contribution in [2.24, 2.45) is 0 Å². The number of ketones is 1. The Bertz CT molecular complexity index is 489. The van der Waals surface area contributed by atoms with Crippen LogP contribution in [0.4, 0.5) is 0 Å². The minimum Gasteiger partial charge on any atom is -0.449 e. The van der Waals surface area contributed by atoms with Crippen LogP contribution >= 0.6 is 22.9 Å². The van der Waals surface area contributed by atoms with Crippen molar-refractivity contribution in [1.82, 2.24) is 4.98 Å². The SMILES string of the molecule is Cc1nc(C(=O)Cc2ccc(Cl)s2)co1. The number of carbonyl (C=O) groups excluding carboxylic acids is 1. The fourth-order valence-electron chi connectivity index (χ4n) is 1.19. The standard InChI is InChI=1S/C10H8ClNO2S/c1-6-12-8(5-14-6)9(13)4-7-2-3-10(11)15-7/h2-3,5H,4H2,1H3. The fourth-order valence-corrected chi connectivity index (χ4v) is 2.27. The zero-order chi connectivity index (χ0) is 10.8. The molecule has 3 nitrogen and oxygen atoms in total. The maximum atomic E-state index is 11.7. The lowest BCUT2D eigenvalue weighted by Gasteiger charge is -1.92. The summed E-state index contributed by atoms with van der Waals surface area (Å²) in [6, 6.07) is 3.63. The quantitative estimate of drug-likeness (QED) is 0.776. The summed E-state index contributed by atoms with van der Waals surface area (Å²) in [5.74, 6) is 0.452. The largest absolute Gasteiger partial charge is 0.449 e. The Morgan fingerprint density at radius 3 is 2.93 bits per heavy atom. The van der Waals surface area contributed by atoms with E-state index in [1.165, 1.54) is 17.6 Å². The summed E-state index contributed by atoms with van der Waals surface area (Å²) in [4.78, 5) is 16.6. The maximum absolute atomic E-state index is 11.7. The molecule has 0 atom stereocenters. The van der Waals surface area contributed by atoms with Crippen LogP contribution in [-0.4, -0.2) is 10.8 Å². The van der Waals surface area contributed by atoms with E-state index >= 15 is 0 Å². The van der Waals surface area contributed by atoms with Crippen LogP contribution in [-0.2, 0) is 6.42 Å². The van der Waals surface area contributed by atoms with Crippen molar-refractivity contribution in [3.63, 3.8) is 0 Å². The Hall–Kier alpha value is -1.13. The Morgan fingerprint density at radius 1 is 1.60 bits per heavy atom. The summed E-state index contributed by atoms with van der Waals surface area (Å²) in [6.45, 7) is 1.71. The van der Waals surface area contributed by atoms with Crippen molar-refractivity contribution in [2.75, 3.05) is 0 Å². The highest BCUT2D eigenvalue weighted by molar-refractivity contribution is 7.16. The number of aromatic nitrogens is 1. The predicted octanol–water partition coefficient (Wildman–Crippen LogP) is 3.12. The molecule has 0 saturated heterocycles. The molecule has 0 spiro atoms. The molecule has 0 unspecified atom stereocenters. The molecule has 2 rings (SSSR count). The first kappa shape index (κ1) is 10.4. The van der Waals surface area contributed by atoms with Gasteiger partial charge in [-0.1, -0.05) is 11.6 Å². The van der Waals surface area contributed by atoms with Gasteiger partial charge in [0.15, 0.2) is 11.7 Å². The van der Waals surface area contributed by atoms with Crippen molar-refractivity contribution < 1.29 is 9.21 Å². The number of hydrogen-bond acceptors (Lipinski definition) is 4. The molecule has 0 N–H and O–H groups in total. The minimum atomic E-state index is -0.0506. The number of nitrogens with zero attached hydrogens (tertiary/aromatic N) is 1. The van der Waals surface area contributed by atoms with Crippen LogP contribution in [0.5, 0.6) is 0 Å². The van der Waals surface area contributed by atoms with Gasteiger partial charge in [-0.15, -0.1) is 11.3 Å². The van der Waals surface area contributed by atoms with Gasteiger partial charge < -0.3 is 4.42 Å². The number of halogens is 1. The Kier molecular flexibility index (Phi) is 2.88. The zero-order valence-electron chi connectivity index (χ0n) is 7.99. The second-order valence-corrected chi connectivity index (χ2v) is 4.86. The van der Waals surface area contributed by atoms with Gasteiger partial charge in [-0.25, -0.2) is 4.98 Å². The van der Waals surface area contributed by atoms with Crippen molar-refractivity contribution >= 4 is 28.7 Å². The first-order chi connectivity index (χ1) is 7.15. The van der Waals surface area contributed by atoms with Crippen LogP contribution in [0.15, 0.2) is 22.8 Å². The molecule has 0 saturated carbocycles. The maximum Gasteiger partial charge on any atom is 0.191 e. The summed E-state index contributed by atoms with van der Waals surface area (Å²) >= 11 is 7.17. The van der Waals surface area contributed by atoms with Gasteiger partial charge in [0.1, 0.15) is 12.0 Å². The first-order valence-electron chi connectivity index (χ1n) is 4.34. The first-order valence-corrected chi connectivity index (χ1v) is 5.54. The van der Waals surface area contributed by atoms with E-state index in [1.54, 1.807) is 13.0 Å². The van der Waals surface area contributed by atoms with Gasteiger partial charge in [0.05, 0.1) is 4.34 Å². The van der Waals surface area contributed by atoms with E-state index in [4.69, 9.17) is 16.0 Å². The molecule has 0 radical (unpaired) electrons. The van der Waals surface area contributed by atoms with Gasteiger partial charge in [-0.3, -0.25) is 4.79 Å². The monoisotopic (exact) mass is 241 g/mol. The highest BCUT2D eigenvalue weighted by atomic mass is 35.5. The van der Waals surface area contributed by atoms with Gasteiger partial charge in [-0.2, -0.15) is 0 Å². The van der Waals surface area contributed by atoms with E-state index < -0.39 is 0 Å². The molecule has 0 aromatic carbocycles. The third-order valence-corrected chi connectivity index (χ3v) is 3.10. The lowest BCUT2D eigenvalue weighted by molar-refractivity contribution is 0.0989. The average Bonchev–Trinajstić information content (AvgIpc) is 2.75. The van der Waals surface area contributed by atoms with Crippen molar-refractivity contribution in [1.29, 1.82) is 0 Å². The fraction of sp³-hybridized carbons (Fsp3) is 0.200. The zero-order valence-corrected chi connectivity index (χ0v) is 9.56. The number of Topliss-reactive ketones (excluding diaryl/α,β-unsaturated/α-hetero) is 1. The average molecular weight is 242 g/mol. The number of rotatable bonds is 3. The van der Waals surface area contributed by atoms with Gasteiger partial charge in [0.25, 0.3) is 0 Å². The highest BCUT2D eigenvalue weighted by Crippen LogP contribution is 2.22. The van der Waals surface area contributed by atoms with Crippen molar-refractivity contribution in [2.45, 2.75) is 13.3 Å². The van der Waals surface area contributed by atoms with Gasteiger partial charge in [0.2, 0.25) is 0 Å². The normalized spacial score (nSPS) is 10.5. The van der Waals surface area contributed by atoms with Crippen LogP contribution in [0.25, 0.3) is 0 Å². The van der Waals surface area contributed by atoms with Crippen LogP contribution in [0.3, 0.4) is 0 Å². The molecule has 15 heavy (non-hydrogen) atoms. The molecule has 0 fully saturated rings. The molecule has 0 aliphatic heterocycles. The number of thiophene rings is 1. The van der Waals surface area contributed by atoms with E-state index in [0.717, 1.165) is 4.88 Å². The van der Waals surface area contributed by atoms with Crippen LogP contribution in [0.2, 0.25) is 4.34 Å². The molecule has 2 heterocycles. The third-order valence-electron chi connectivity index (χ3n) is 1.87.